The average molecular weight is 160 g/mol. The zero-order chi connectivity index (χ0) is 8.69. The fourth-order valence-corrected chi connectivity index (χ4v) is 0.587. The van der Waals surface area contributed by atoms with Gasteiger partial charge in [0, 0.05) is 27.3 Å². The van der Waals surface area contributed by atoms with Crippen LogP contribution in [0.4, 0.5) is 0 Å². The summed E-state index contributed by atoms with van der Waals surface area (Å²) in [5.74, 6) is 0. The van der Waals surface area contributed by atoms with E-state index in [9.17, 15) is 0 Å². The van der Waals surface area contributed by atoms with Crippen molar-refractivity contribution < 1.29 is 9.47 Å². The average Bonchev–Trinajstić information content (AvgIpc) is 2.04. The lowest BCUT2D eigenvalue weighted by atomic mass is 10.3. The van der Waals surface area contributed by atoms with Crippen molar-refractivity contribution in [3.8, 4) is 0 Å². The maximum absolute atomic E-state index is 5.03. The molecule has 0 aromatic carbocycles. The van der Waals surface area contributed by atoms with Crippen LogP contribution in [0.25, 0.3) is 0 Å². The fraction of sp³-hybridized carbons (Fsp3) is 1.00. The van der Waals surface area contributed by atoms with Crippen molar-refractivity contribution in [3.05, 3.63) is 0 Å². The second-order valence-corrected chi connectivity index (χ2v) is 2.68. The molecule has 0 N–H and O–H groups in total. The molecule has 67 valence electrons. The molecular weight excluding hydrogens is 142 g/mol. The standard InChI is InChI=1S/C8H18NO2/c1-7(10-3)5-9-6-8(2)11-4/h7-8H,5-6H2,1-4H3. The van der Waals surface area contributed by atoms with Crippen LogP contribution in [-0.4, -0.2) is 39.5 Å². The van der Waals surface area contributed by atoms with Crippen LogP contribution in [-0.2, 0) is 9.47 Å². The number of ether oxygens (including phenoxy) is 2. The van der Waals surface area contributed by atoms with Crippen LogP contribution in [0.3, 0.4) is 0 Å². The summed E-state index contributed by atoms with van der Waals surface area (Å²) in [4.78, 5) is 0. The first kappa shape index (κ1) is 10.9. The maximum atomic E-state index is 5.03. The zero-order valence-electron chi connectivity index (χ0n) is 7.83. The van der Waals surface area contributed by atoms with Crippen molar-refractivity contribution in [2.24, 2.45) is 0 Å². The van der Waals surface area contributed by atoms with Gasteiger partial charge >= 0.3 is 0 Å². The molecule has 11 heavy (non-hydrogen) atoms. The number of rotatable bonds is 6. The summed E-state index contributed by atoms with van der Waals surface area (Å²) < 4.78 is 10.1. The molecule has 0 aliphatic heterocycles. The Hall–Kier alpha value is -0.120. The molecule has 0 spiro atoms. The molecule has 3 nitrogen and oxygen atoms in total. The molecule has 0 aromatic rings. The Morgan fingerprint density at radius 1 is 1.00 bits per heavy atom. The van der Waals surface area contributed by atoms with Crippen molar-refractivity contribution in [2.75, 3.05) is 27.3 Å². The second kappa shape index (κ2) is 6.58. The molecule has 0 aromatic heterocycles. The summed E-state index contributed by atoms with van der Waals surface area (Å²) >= 11 is 0. The highest BCUT2D eigenvalue weighted by atomic mass is 16.5. The van der Waals surface area contributed by atoms with E-state index in [1.165, 1.54) is 0 Å². The number of nitrogens with zero attached hydrogens (tertiary/aromatic N) is 1. The Bertz CT molecular complexity index is 78.2. The summed E-state index contributed by atoms with van der Waals surface area (Å²) in [7, 11) is 3.39. The van der Waals surface area contributed by atoms with Crippen LogP contribution in [0.2, 0.25) is 0 Å². The SMILES string of the molecule is COC(C)C[N]CC(C)OC. The first-order valence-electron chi connectivity index (χ1n) is 3.89. The van der Waals surface area contributed by atoms with Crippen molar-refractivity contribution in [3.63, 3.8) is 0 Å². The smallest absolute Gasteiger partial charge is 0.0684 e. The first-order valence-corrected chi connectivity index (χ1v) is 3.89. The van der Waals surface area contributed by atoms with E-state index < -0.39 is 0 Å². The highest BCUT2D eigenvalue weighted by molar-refractivity contribution is 4.57. The topological polar surface area (TPSA) is 32.6 Å². The van der Waals surface area contributed by atoms with Gasteiger partial charge in [0.1, 0.15) is 0 Å². The monoisotopic (exact) mass is 160 g/mol. The summed E-state index contributed by atoms with van der Waals surface area (Å²) in [5, 5.41) is 4.26. The van der Waals surface area contributed by atoms with Crippen LogP contribution in [0.5, 0.6) is 0 Å². The van der Waals surface area contributed by atoms with Crippen LogP contribution in [0, 0.1) is 0 Å². The van der Waals surface area contributed by atoms with Crippen LogP contribution >= 0.6 is 0 Å². The van der Waals surface area contributed by atoms with Gasteiger partial charge in [0.25, 0.3) is 0 Å². The molecule has 0 rings (SSSR count). The predicted octanol–water partition coefficient (Wildman–Crippen LogP) is 0.661. The Morgan fingerprint density at radius 2 is 1.36 bits per heavy atom. The third-order valence-corrected chi connectivity index (χ3v) is 1.58. The Labute approximate surface area is 69.1 Å². The Morgan fingerprint density at radius 3 is 1.64 bits per heavy atom. The largest absolute Gasteiger partial charge is 0.380 e. The second-order valence-electron chi connectivity index (χ2n) is 2.68. The van der Waals surface area contributed by atoms with E-state index in [1.807, 2.05) is 13.8 Å². The first-order chi connectivity index (χ1) is 5.20. The molecule has 0 aliphatic rings. The summed E-state index contributed by atoms with van der Waals surface area (Å²) in [5.41, 5.74) is 0. The van der Waals surface area contributed by atoms with Crippen molar-refractivity contribution in [1.29, 1.82) is 0 Å². The van der Waals surface area contributed by atoms with E-state index in [2.05, 4.69) is 5.32 Å². The van der Waals surface area contributed by atoms with Gasteiger partial charge in [-0.1, -0.05) is 0 Å². The minimum atomic E-state index is 0.221. The van der Waals surface area contributed by atoms with Crippen LogP contribution < -0.4 is 5.32 Å². The van der Waals surface area contributed by atoms with Crippen LogP contribution in [0.1, 0.15) is 13.8 Å². The minimum absolute atomic E-state index is 0.221. The van der Waals surface area contributed by atoms with Gasteiger partial charge in [-0.3, -0.25) is 0 Å². The van der Waals surface area contributed by atoms with Gasteiger partial charge in [-0.2, -0.15) is 0 Å². The summed E-state index contributed by atoms with van der Waals surface area (Å²) in [6.45, 7) is 5.51. The molecule has 3 heteroatoms. The molecule has 0 saturated carbocycles. The lowest BCUT2D eigenvalue weighted by Crippen LogP contribution is -2.26. The van der Waals surface area contributed by atoms with Crippen molar-refractivity contribution >= 4 is 0 Å². The van der Waals surface area contributed by atoms with Gasteiger partial charge in [0.05, 0.1) is 12.2 Å². The molecule has 0 bridgehead atoms. The van der Waals surface area contributed by atoms with Gasteiger partial charge in [0.15, 0.2) is 0 Å². The van der Waals surface area contributed by atoms with Gasteiger partial charge < -0.3 is 9.47 Å². The predicted molar refractivity (Wildman–Crippen MR) is 44.8 cm³/mol. The summed E-state index contributed by atoms with van der Waals surface area (Å²) in [6, 6.07) is 0. The third kappa shape index (κ3) is 6.28. The van der Waals surface area contributed by atoms with Crippen molar-refractivity contribution in [2.45, 2.75) is 26.1 Å². The number of hydrogen-bond acceptors (Lipinski definition) is 2. The quantitative estimate of drug-likeness (QED) is 0.572. The molecule has 0 heterocycles. The van der Waals surface area contributed by atoms with E-state index in [-0.39, 0.29) is 12.2 Å². The molecule has 0 saturated heterocycles. The molecule has 0 aliphatic carbocycles. The molecule has 0 amide bonds. The molecular formula is C8H18NO2. The van der Waals surface area contributed by atoms with Gasteiger partial charge in [-0.25, -0.2) is 5.32 Å². The van der Waals surface area contributed by atoms with E-state index in [0.29, 0.717) is 0 Å². The number of methoxy groups -OCH3 is 2. The van der Waals surface area contributed by atoms with Crippen molar-refractivity contribution in [1.82, 2.24) is 5.32 Å². The van der Waals surface area contributed by atoms with E-state index in [4.69, 9.17) is 9.47 Å². The molecule has 2 atom stereocenters. The Balaban J connectivity index is 3.13. The minimum Gasteiger partial charge on any atom is -0.380 e. The lowest BCUT2D eigenvalue weighted by Gasteiger charge is -2.11. The zero-order valence-corrected chi connectivity index (χ0v) is 7.83. The lowest BCUT2D eigenvalue weighted by molar-refractivity contribution is 0.0949. The molecule has 2 unspecified atom stereocenters. The van der Waals surface area contributed by atoms with E-state index in [1.54, 1.807) is 14.2 Å². The van der Waals surface area contributed by atoms with Gasteiger partial charge in [0.2, 0.25) is 0 Å². The normalized spacial score (nSPS) is 16.4. The van der Waals surface area contributed by atoms with Gasteiger partial charge in [-0.15, -0.1) is 0 Å². The van der Waals surface area contributed by atoms with Gasteiger partial charge in [-0.05, 0) is 13.8 Å². The van der Waals surface area contributed by atoms with Crippen LogP contribution in [0.15, 0.2) is 0 Å². The molecule has 0 fully saturated rings. The maximum Gasteiger partial charge on any atom is 0.0684 e. The highest BCUT2D eigenvalue weighted by Crippen LogP contribution is 1.88. The third-order valence-electron chi connectivity index (χ3n) is 1.58. The van der Waals surface area contributed by atoms with E-state index >= 15 is 0 Å². The number of hydrogen-bond donors (Lipinski definition) is 0. The summed E-state index contributed by atoms with van der Waals surface area (Å²) in [6.07, 6.45) is 0.443. The van der Waals surface area contributed by atoms with E-state index in [0.717, 1.165) is 13.1 Å². The Kier molecular flexibility index (Phi) is 6.51. The molecule has 1 radical (unpaired) electrons. The fourth-order valence-electron chi connectivity index (χ4n) is 0.587. The highest BCUT2D eigenvalue weighted by Gasteiger charge is 2.02.